The molecule has 0 aliphatic carbocycles. The third kappa shape index (κ3) is 1.58. The Morgan fingerprint density at radius 3 is 2.60 bits per heavy atom. The molecule has 0 radical (unpaired) electrons. The zero-order valence-corrected chi connectivity index (χ0v) is 6.52. The van der Waals surface area contributed by atoms with E-state index in [0.717, 1.165) is 16.3 Å². The number of hydrogen-bond donors (Lipinski definition) is 1. The van der Waals surface area contributed by atoms with Crippen molar-refractivity contribution in [3.63, 3.8) is 0 Å². The fourth-order valence-corrected chi connectivity index (χ4v) is 0.924. The summed E-state index contributed by atoms with van der Waals surface area (Å²) in [5.41, 5.74) is 1.79. The highest BCUT2D eigenvalue weighted by atomic mass is 35.5. The van der Waals surface area contributed by atoms with Crippen LogP contribution in [0.4, 0.5) is 0 Å². The summed E-state index contributed by atoms with van der Waals surface area (Å²) in [5, 5.41) is 6.26. The van der Waals surface area contributed by atoms with E-state index >= 15 is 0 Å². The van der Waals surface area contributed by atoms with E-state index in [9.17, 15) is 0 Å². The first-order chi connectivity index (χ1) is 4.70. The van der Waals surface area contributed by atoms with Gasteiger partial charge in [-0.05, 0) is 18.2 Å². The molecule has 1 nitrogen and oxygen atoms in total. The third-order valence-electron chi connectivity index (χ3n) is 1.28. The van der Waals surface area contributed by atoms with Gasteiger partial charge in [-0.1, -0.05) is 17.7 Å². The third-order valence-corrected chi connectivity index (χ3v) is 1.52. The first-order valence-corrected chi connectivity index (χ1v) is 3.43. The Morgan fingerprint density at radius 2 is 2.20 bits per heavy atom. The molecule has 0 saturated carbocycles. The van der Waals surface area contributed by atoms with Crippen LogP contribution in [0.5, 0.6) is 0 Å². The molecule has 0 fully saturated rings. The van der Waals surface area contributed by atoms with E-state index in [1.54, 1.807) is 0 Å². The molecule has 52 valence electrons. The molecule has 0 amide bonds. The fourth-order valence-electron chi connectivity index (χ4n) is 0.734. The van der Waals surface area contributed by atoms with Crippen LogP contribution in [-0.2, 0) is 0 Å². The number of rotatable bonds is 1. The summed E-state index contributed by atoms with van der Waals surface area (Å²) in [6.07, 6.45) is 0. The molecule has 0 atom stereocenters. The van der Waals surface area contributed by atoms with Gasteiger partial charge in [-0.25, -0.2) is 0 Å². The zero-order valence-electron chi connectivity index (χ0n) is 5.76. The predicted octanol–water partition coefficient (Wildman–Crippen LogP) is 0.908. The van der Waals surface area contributed by atoms with Crippen molar-refractivity contribution in [3.05, 3.63) is 34.9 Å². The molecule has 2 N–H and O–H groups in total. The highest BCUT2D eigenvalue weighted by Crippen LogP contribution is 2.09. The van der Waals surface area contributed by atoms with Gasteiger partial charge in [0.1, 0.15) is 0 Å². The second-order valence-electron chi connectivity index (χ2n) is 2.19. The van der Waals surface area contributed by atoms with Crippen molar-refractivity contribution >= 4 is 17.3 Å². The molecule has 1 rings (SSSR count). The Bertz CT molecular complexity index is 255. The second-order valence-corrected chi connectivity index (χ2v) is 2.63. The predicted molar refractivity (Wildman–Crippen MR) is 43.2 cm³/mol. The number of benzene rings is 1. The van der Waals surface area contributed by atoms with Gasteiger partial charge in [0.2, 0.25) is 0 Å². The van der Waals surface area contributed by atoms with Crippen molar-refractivity contribution < 1.29 is 5.41 Å². The van der Waals surface area contributed by atoms with Crippen LogP contribution < -0.4 is 5.41 Å². The van der Waals surface area contributed by atoms with Gasteiger partial charge in [0.15, 0.2) is 5.71 Å². The summed E-state index contributed by atoms with van der Waals surface area (Å²) < 4.78 is 0. The summed E-state index contributed by atoms with van der Waals surface area (Å²) in [6, 6.07) is 7.49. The van der Waals surface area contributed by atoms with Crippen LogP contribution in [-0.4, -0.2) is 5.71 Å². The summed E-state index contributed by atoms with van der Waals surface area (Å²) in [4.78, 5) is 0. The standard InChI is InChI=1S/C8H8ClN/c1-6(10)7-3-2-4-8(9)5-7/h2-5,10H,1H3/p+1. The fraction of sp³-hybridized carbons (Fsp3) is 0.125. The summed E-state index contributed by atoms with van der Waals surface area (Å²) in [6.45, 7) is 1.85. The van der Waals surface area contributed by atoms with Crippen LogP contribution in [0.25, 0.3) is 0 Å². The highest BCUT2D eigenvalue weighted by molar-refractivity contribution is 6.30. The van der Waals surface area contributed by atoms with Crippen LogP contribution in [0.2, 0.25) is 5.02 Å². The van der Waals surface area contributed by atoms with Crippen molar-refractivity contribution in [3.8, 4) is 0 Å². The molecule has 0 spiro atoms. The minimum absolute atomic E-state index is 0.724. The first kappa shape index (κ1) is 7.29. The largest absolute Gasteiger partial charge is 0.258 e. The Kier molecular flexibility index (Phi) is 2.07. The molecular weight excluding hydrogens is 146 g/mol. The Labute approximate surface area is 65.1 Å². The summed E-state index contributed by atoms with van der Waals surface area (Å²) in [5.74, 6) is 0. The van der Waals surface area contributed by atoms with Gasteiger partial charge in [-0.15, -0.1) is 0 Å². The van der Waals surface area contributed by atoms with Crippen LogP contribution in [0, 0.1) is 0 Å². The molecule has 0 aromatic heterocycles. The molecule has 0 bridgehead atoms. The normalized spacial score (nSPS) is 9.40. The quantitative estimate of drug-likeness (QED) is 0.582. The van der Waals surface area contributed by atoms with Crippen LogP contribution in [0.3, 0.4) is 0 Å². The number of halogens is 1. The van der Waals surface area contributed by atoms with Crippen molar-refractivity contribution in [2.75, 3.05) is 0 Å². The van der Waals surface area contributed by atoms with Gasteiger partial charge in [-0.2, -0.15) is 0 Å². The lowest BCUT2D eigenvalue weighted by molar-refractivity contribution is -0.113. The molecule has 0 saturated heterocycles. The molecular formula is C8H9ClN+. The molecule has 1 aromatic carbocycles. The SMILES string of the molecule is CC(=[NH2+])c1cccc(Cl)c1. The lowest BCUT2D eigenvalue weighted by Crippen LogP contribution is -2.38. The monoisotopic (exact) mass is 154 g/mol. The summed E-state index contributed by atoms with van der Waals surface area (Å²) >= 11 is 5.72. The van der Waals surface area contributed by atoms with Gasteiger partial charge >= 0.3 is 0 Å². The van der Waals surface area contributed by atoms with Crippen LogP contribution in [0.1, 0.15) is 12.5 Å². The lowest BCUT2D eigenvalue weighted by atomic mass is 10.1. The molecule has 0 heterocycles. The minimum Gasteiger partial charge on any atom is -0.258 e. The first-order valence-electron chi connectivity index (χ1n) is 3.05. The van der Waals surface area contributed by atoms with E-state index in [4.69, 9.17) is 17.0 Å². The number of hydrogen-bond acceptors (Lipinski definition) is 0. The average Bonchev–Trinajstić information content (AvgIpc) is 1.88. The van der Waals surface area contributed by atoms with Gasteiger partial charge in [0.25, 0.3) is 0 Å². The van der Waals surface area contributed by atoms with Crippen LogP contribution >= 0.6 is 11.6 Å². The molecule has 10 heavy (non-hydrogen) atoms. The molecule has 2 heteroatoms. The van der Waals surface area contributed by atoms with Crippen molar-refractivity contribution in [2.24, 2.45) is 0 Å². The second kappa shape index (κ2) is 2.84. The smallest absolute Gasteiger partial charge is 0.176 e. The number of nitrogens with two attached hydrogens (primary N) is 1. The van der Waals surface area contributed by atoms with E-state index < -0.39 is 0 Å². The zero-order chi connectivity index (χ0) is 7.56. The van der Waals surface area contributed by atoms with Crippen molar-refractivity contribution in [1.82, 2.24) is 0 Å². The topological polar surface area (TPSA) is 25.6 Å². The molecule has 0 unspecified atom stereocenters. The molecule has 0 aliphatic heterocycles. The van der Waals surface area contributed by atoms with E-state index in [2.05, 4.69) is 0 Å². The maximum atomic E-state index is 5.72. The maximum Gasteiger partial charge on any atom is 0.176 e. The molecule has 0 aliphatic rings. The van der Waals surface area contributed by atoms with E-state index in [0.29, 0.717) is 0 Å². The Morgan fingerprint density at radius 1 is 1.50 bits per heavy atom. The minimum atomic E-state index is 0.724. The van der Waals surface area contributed by atoms with E-state index in [-0.39, 0.29) is 0 Å². The lowest BCUT2D eigenvalue weighted by Gasteiger charge is -1.92. The Hall–Kier alpha value is -0.820. The highest BCUT2D eigenvalue weighted by Gasteiger charge is 1.98. The maximum absolute atomic E-state index is 5.72. The van der Waals surface area contributed by atoms with E-state index in [1.165, 1.54) is 0 Å². The van der Waals surface area contributed by atoms with Gasteiger partial charge in [0.05, 0.1) is 0 Å². The molecule has 1 aromatic rings. The summed E-state index contributed by atoms with van der Waals surface area (Å²) in [7, 11) is 0. The van der Waals surface area contributed by atoms with Crippen LogP contribution in [0.15, 0.2) is 24.3 Å². The Balaban J connectivity index is 3.07. The van der Waals surface area contributed by atoms with Crippen molar-refractivity contribution in [1.29, 1.82) is 0 Å². The van der Waals surface area contributed by atoms with Gasteiger partial charge in [0, 0.05) is 17.5 Å². The van der Waals surface area contributed by atoms with Gasteiger partial charge < -0.3 is 0 Å². The average molecular weight is 155 g/mol. The van der Waals surface area contributed by atoms with Crippen molar-refractivity contribution in [2.45, 2.75) is 6.92 Å². The van der Waals surface area contributed by atoms with E-state index in [1.807, 2.05) is 31.2 Å². The van der Waals surface area contributed by atoms with Gasteiger partial charge in [-0.3, -0.25) is 5.41 Å².